The Bertz CT molecular complexity index is 324. The SMILES string of the molecule is C[C@@H]1OP2(C[NH+]3CCOCC3)(O[C@@H](C)[C@@H](C)O2)O[C@@H]1C. The molecular formula is C13H27NO5P+. The second-order valence-electron chi connectivity index (χ2n) is 6.23. The molecule has 3 rings (SSSR count). The van der Waals surface area contributed by atoms with E-state index in [4.69, 9.17) is 22.8 Å². The Morgan fingerprint density at radius 3 is 1.60 bits per heavy atom. The van der Waals surface area contributed by atoms with Crippen molar-refractivity contribution >= 4 is 7.51 Å². The van der Waals surface area contributed by atoms with Gasteiger partial charge in [-0.25, -0.2) is 0 Å². The van der Waals surface area contributed by atoms with Gasteiger partial charge in [-0.05, 0) is 0 Å². The van der Waals surface area contributed by atoms with Gasteiger partial charge in [0.05, 0.1) is 0 Å². The summed E-state index contributed by atoms with van der Waals surface area (Å²) in [6.07, 6.45) is 0.686. The molecule has 6 nitrogen and oxygen atoms in total. The molecule has 4 atom stereocenters. The number of rotatable bonds is 2. The molecule has 3 heterocycles. The van der Waals surface area contributed by atoms with Gasteiger partial charge in [0.15, 0.2) is 0 Å². The topological polar surface area (TPSA) is 50.6 Å². The summed E-state index contributed by atoms with van der Waals surface area (Å²) in [7, 11) is -3.44. The standard InChI is InChI=1S/C13H26NO5P/c1-10-11(2)17-20(16-10,18-12(3)13(4)19-20)9-14-5-7-15-8-6-14/h10-13H,5-9H2,1-4H3/p+1/t10-,11+,12-,13+. The molecule has 1 N–H and O–H groups in total. The van der Waals surface area contributed by atoms with Gasteiger partial charge in [0, 0.05) is 0 Å². The van der Waals surface area contributed by atoms with E-state index in [0.29, 0.717) is 6.29 Å². The first kappa shape index (κ1) is 15.1. The quantitative estimate of drug-likeness (QED) is 0.762. The third-order valence-corrected chi connectivity index (χ3v) is 8.41. The number of ether oxygens (including phenoxy) is 1. The Labute approximate surface area is 120 Å². The average molecular weight is 308 g/mol. The van der Waals surface area contributed by atoms with Crippen molar-refractivity contribution < 1.29 is 27.7 Å². The Morgan fingerprint density at radius 1 is 0.800 bits per heavy atom. The van der Waals surface area contributed by atoms with Gasteiger partial charge in [0.2, 0.25) is 0 Å². The molecule has 0 amide bonds. The molecule has 1 spiro atoms. The van der Waals surface area contributed by atoms with Crippen LogP contribution in [0.5, 0.6) is 0 Å². The average Bonchev–Trinajstić information content (AvgIpc) is 2.75. The normalized spacial score (nSPS) is 46.3. The van der Waals surface area contributed by atoms with Crippen LogP contribution in [0.25, 0.3) is 0 Å². The molecule has 0 bridgehead atoms. The van der Waals surface area contributed by atoms with Crippen LogP contribution < -0.4 is 4.90 Å². The molecule has 3 aliphatic heterocycles. The first-order chi connectivity index (χ1) is 9.41. The van der Waals surface area contributed by atoms with Crippen LogP contribution in [-0.4, -0.2) is 57.0 Å². The van der Waals surface area contributed by atoms with E-state index in [1.807, 2.05) is 27.7 Å². The van der Waals surface area contributed by atoms with E-state index in [9.17, 15) is 0 Å². The summed E-state index contributed by atoms with van der Waals surface area (Å²) in [6, 6.07) is 0. The van der Waals surface area contributed by atoms with Crippen molar-refractivity contribution in [3.05, 3.63) is 0 Å². The molecule has 7 heteroatoms. The van der Waals surface area contributed by atoms with Crippen LogP contribution in [0, 0.1) is 0 Å². The van der Waals surface area contributed by atoms with Gasteiger partial charge in [0.1, 0.15) is 0 Å². The molecule has 0 aromatic carbocycles. The fourth-order valence-corrected chi connectivity index (χ4v) is 8.01. The minimum atomic E-state index is -3.44. The van der Waals surface area contributed by atoms with E-state index >= 15 is 0 Å². The van der Waals surface area contributed by atoms with Gasteiger partial charge in [-0.2, -0.15) is 0 Å². The second kappa shape index (κ2) is 5.13. The molecule has 0 aliphatic carbocycles. The van der Waals surface area contributed by atoms with Crippen molar-refractivity contribution in [2.75, 3.05) is 32.6 Å². The summed E-state index contributed by atoms with van der Waals surface area (Å²) in [5, 5.41) is 0. The summed E-state index contributed by atoms with van der Waals surface area (Å²) in [6.45, 7) is 11.6. The van der Waals surface area contributed by atoms with Crippen LogP contribution in [0.2, 0.25) is 0 Å². The fraction of sp³-hybridized carbons (Fsp3) is 1.00. The van der Waals surface area contributed by atoms with Crippen LogP contribution in [-0.2, 0) is 22.8 Å². The zero-order valence-corrected chi connectivity index (χ0v) is 13.7. The maximum absolute atomic E-state index is 6.26. The van der Waals surface area contributed by atoms with E-state index in [0.717, 1.165) is 26.3 Å². The van der Waals surface area contributed by atoms with Crippen LogP contribution in [0.1, 0.15) is 27.7 Å². The first-order valence-corrected chi connectivity index (χ1v) is 9.70. The Balaban J connectivity index is 1.85. The van der Waals surface area contributed by atoms with Crippen molar-refractivity contribution in [1.29, 1.82) is 0 Å². The molecule has 0 radical (unpaired) electrons. The van der Waals surface area contributed by atoms with Crippen LogP contribution in [0.4, 0.5) is 0 Å². The molecule has 0 aromatic rings. The molecule has 3 fully saturated rings. The Kier molecular flexibility index (Phi) is 3.87. The van der Waals surface area contributed by atoms with E-state index in [-0.39, 0.29) is 24.4 Å². The number of nitrogens with one attached hydrogen (secondary N) is 1. The second-order valence-corrected chi connectivity index (χ2v) is 9.31. The van der Waals surface area contributed by atoms with E-state index in [1.165, 1.54) is 4.90 Å². The fourth-order valence-electron chi connectivity index (χ4n) is 3.11. The molecular weight excluding hydrogens is 281 g/mol. The van der Waals surface area contributed by atoms with Crippen molar-refractivity contribution in [1.82, 2.24) is 0 Å². The van der Waals surface area contributed by atoms with Crippen LogP contribution in [0.15, 0.2) is 0 Å². The first-order valence-electron chi connectivity index (χ1n) is 7.60. The van der Waals surface area contributed by atoms with Gasteiger partial charge in [0.25, 0.3) is 0 Å². The van der Waals surface area contributed by atoms with Crippen LogP contribution >= 0.6 is 7.51 Å². The summed E-state index contributed by atoms with van der Waals surface area (Å²) >= 11 is 0. The van der Waals surface area contributed by atoms with E-state index in [1.54, 1.807) is 0 Å². The predicted octanol–water partition coefficient (Wildman–Crippen LogP) is 0.720. The Morgan fingerprint density at radius 2 is 1.20 bits per heavy atom. The molecule has 118 valence electrons. The van der Waals surface area contributed by atoms with E-state index < -0.39 is 7.51 Å². The Hall–Kier alpha value is 0.190. The molecule has 0 aromatic heterocycles. The van der Waals surface area contributed by atoms with Crippen molar-refractivity contribution in [2.24, 2.45) is 0 Å². The summed E-state index contributed by atoms with van der Waals surface area (Å²) in [5.74, 6) is 0. The zero-order valence-electron chi connectivity index (χ0n) is 12.8. The summed E-state index contributed by atoms with van der Waals surface area (Å²) < 4.78 is 30.4. The molecule has 0 saturated carbocycles. The monoisotopic (exact) mass is 308 g/mol. The zero-order chi connectivity index (χ0) is 14.4. The van der Waals surface area contributed by atoms with Crippen molar-refractivity contribution in [2.45, 2.75) is 52.1 Å². The van der Waals surface area contributed by atoms with Crippen molar-refractivity contribution in [3.63, 3.8) is 0 Å². The van der Waals surface area contributed by atoms with Gasteiger partial charge in [-0.15, -0.1) is 0 Å². The predicted molar refractivity (Wildman–Crippen MR) is 75.5 cm³/mol. The molecule has 20 heavy (non-hydrogen) atoms. The third-order valence-electron chi connectivity index (χ3n) is 4.48. The number of hydrogen-bond donors (Lipinski definition) is 1. The van der Waals surface area contributed by atoms with Crippen LogP contribution in [0.3, 0.4) is 0 Å². The number of morpholine rings is 1. The third kappa shape index (κ3) is 2.52. The number of quaternary nitrogens is 1. The maximum atomic E-state index is 6.26. The van der Waals surface area contributed by atoms with Gasteiger partial charge < -0.3 is 0 Å². The minimum absolute atomic E-state index is 0.00519. The van der Waals surface area contributed by atoms with Crippen molar-refractivity contribution in [3.8, 4) is 0 Å². The van der Waals surface area contributed by atoms with Gasteiger partial charge in [-0.1, -0.05) is 0 Å². The molecule has 0 unspecified atom stereocenters. The van der Waals surface area contributed by atoms with E-state index in [2.05, 4.69) is 0 Å². The van der Waals surface area contributed by atoms with Gasteiger partial charge in [-0.3, -0.25) is 0 Å². The number of hydrogen-bond acceptors (Lipinski definition) is 5. The molecule has 3 saturated heterocycles. The summed E-state index contributed by atoms with van der Waals surface area (Å²) in [4.78, 5) is 1.39. The molecule has 3 aliphatic rings. The summed E-state index contributed by atoms with van der Waals surface area (Å²) in [5.41, 5.74) is 0. The van der Waals surface area contributed by atoms with Gasteiger partial charge >= 0.3 is 120 Å².